The van der Waals surface area contributed by atoms with Gasteiger partial charge in [0, 0.05) is 23.7 Å². The van der Waals surface area contributed by atoms with Gasteiger partial charge >= 0.3 is 0 Å². The number of halogens is 1. The molecule has 0 spiro atoms. The predicted molar refractivity (Wildman–Crippen MR) is 97.7 cm³/mol. The van der Waals surface area contributed by atoms with Crippen molar-refractivity contribution in [3.05, 3.63) is 54.0 Å². The van der Waals surface area contributed by atoms with Crippen LogP contribution in [0.25, 0.3) is 10.9 Å². The fraction of sp³-hybridized carbons (Fsp3) is 0.200. The van der Waals surface area contributed by atoms with E-state index in [1.807, 2.05) is 0 Å². The first-order valence-electron chi connectivity index (χ1n) is 8.31. The van der Waals surface area contributed by atoms with Crippen LogP contribution in [0, 0.1) is 17.1 Å². The zero-order valence-corrected chi connectivity index (χ0v) is 14.3. The Morgan fingerprint density at radius 1 is 1.19 bits per heavy atom. The maximum Gasteiger partial charge on any atom is 0.149 e. The van der Waals surface area contributed by atoms with Gasteiger partial charge in [0.05, 0.1) is 23.4 Å². The van der Waals surface area contributed by atoms with Gasteiger partial charge < -0.3 is 15.2 Å². The Morgan fingerprint density at radius 3 is 2.77 bits per heavy atom. The first-order valence-corrected chi connectivity index (χ1v) is 8.31. The number of nitrogens with two attached hydrogens (primary N) is 1. The summed E-state index contributed by atoms with van der Waals surface area (Å²) in [5.74, 6) is 0.726. The molecule has 0 aliphatic rings. The second kappa shape index (κ2) is 7.70. The summed E-state index contributed by atoms with van der Waals surface area (Å²) in [5, 5.41) is 10.1. The summed E-state index contributed by atoms with van der Waals surface area (Å²) < 4.78 is 25.1. The Labute approximate surface area is 150 Å². The van der Waals surface area contributed by atoms with Crippen LogP contribution in [0.5, 0.6) is 17.2 Å². The van der Waals surface area contributed by atoms with E-state index in [4.69, 9.17) is 15.2 Å². The number of aromatic nitrogens is 1. The molecule has 1 heterocycles. The number of hydrogen-bond donors (Lipinski definition) is 1. The monoisotopic (exact) mass is 351 g/mol. The minimum atomic E-state index is -0.551. The molecule has 1 aromatic heterocycles. The van der Waals surface area contributed by atoms with Gasteiger partial charge in [-0.2, -0.15) is 5.26 Å². The highest BCUT2D eigenvalue weighted by Crippen LogP contribution is 2.33. The Kier molecular flexibility index (Phi) is 5.18. The number of pyridine rings is 1. The van der Waals surface area contributed by atoms with Gasteiger partial charge in [0.2, 0.25) is 0 Å². The highest BCUT2D eigenvalue weighted by atomic mass is 19.1. The van der Waals surface area contributed by atoms with Crippen molar-refractivity contribution < 1.29 is 13.9 Å². The van der Waals surface area contributed by atoms with E-state index in [9.17, 15) is 9.65 Å². The molecule has 0 saturated heterocycles. The quantitative estimate of drug-likeness (QED) is 0.510. The number of nitriles is 1. The first-order chi connectivity index (χ1) is 12.6. The molecule has 0 bridgehead atoms. The average molecular weight is 351 g/mol. The summed E-state index contributed by atoms with van der Waals surface area (Å²) in [4.78, 5) is 4.32. The van der Waals surface area contributed by atoms with E-state index in [1.54, 1.807) is 30.5 Å². The third-order valence-corrected chi connectivity index (χ3v) is 3.88. The van der Waals surface area contributed by atoms with Crippen LogP contribution in [0.3, 0.4) is 0 Å². The smallest absolute Gasteiger partial charge is 0.149 e. The van der Waals surface area contributed by atoms with Crippen molar-refractivity contribution in [3.8, 4) is 23.3 Å². The number of ether oxygens (including phenoxy) is 2. The number of rotatable bonds is 6. The standard InChI is InChI=1S/C20H18FN3O2/c1-2-3-8-25-20-11-18-15(9-13(20)12-22)19(6-7-24-18)26-14-4-5-17(23)16(21)10-14/h4-7,9-11H,2-3,8,23H2,1H3. The normalized spacial score (nSPS) is 10.5. The molecule has 6 heteroatoms. The fourth-order valence-corrected chi connectivity index (χ4v) is 2.47. The number of unbranched alkanes of at least 4 members (excludes halogenated alkanes) is 1. The highest BCUT2D eigenvalue weighted by molar-refractivity contribution is 5.88. The second-order valence-electron chi connectivity index (χ2n) is 5.77. The minimum absolute atomic E-state index is 0.0533. The molecule has 26 heavy (non-hydrogen) atoms. The van der Waals surface area contributed by atoms with Crippen molar-refractivity contribution in [2.24, 2.45) is 0 Å². The van der Waals surface area contributed by atoms with Gasteiger partial charge in [-0.05, 0) is 30.7 Å². The van der Waals surface area contributed by atoms with Gasteiger partial charge in [0.15, 0.2) is 0 Å². The predicted octanol–water partition coefficient (Wildman–Crippen LogP) is 4.80. The van der Waals surface area contributed by atoms with Gasteiger partial charge in [0.1, 0.15) is 29.1 Å². The summed E-state index contributed by atoms with van der Waals surface area (Å²) in [6.45, 7) is 2.61. The maximum atomic E-state index is 13.6. The Morgan fingerprint density at radius 2 is 2.04 bits per heavy atom. The molecule has 0 aliphatic heterocycles. The van der Waals surface area contributed by atoms with Crippen molar-refractivity contribution >= 4 is 16.6 Å². The molecule has 0 amide bonds. The van der Waals surface area contributed by atoms with Crippen LogP contribution in [0.2, 0.25) is 0 Å². The molecule has 0 unspecified atom stereocenters. The molecule has 132 valence electrons. The van der Waals surface area contributed by atoms with E-state index >= 15 is 0 Å². The Hall–Kier alpha value is -3.33. The molecular formula is C20H18FN3O2. The molecule has 5 nitrogen and oxygen atoms in total. The van der Waals surface area contributed by atoms with Crippen LogP contribution >= 0.6 is 0 Å². The maximum absolute atomic E-state index is 13.6. The average Bonchev–Trinajstić information content (AvgIpc) is 2.64. The molecule has 2 N–H and O–H groups in total. The van der Waals surface area contributed by atoms with E-state index in [0.29, 0.717) is 40.3 Å². The minimum Gasteiger partial charge on any atom is -0.492 e. The summed E-state index contributed by atoms with van der Waals surface area (Å²) in [6.07, 6.45) is 3.50. The molecule has 2 aromatic carbocycles. The van der Waals surface area contributed by atoms with E-state index in [2.05, 4.69) is 18.0 Å². The number of hydrogen-bond acceptors (Lipinski definition) is 5. The Bertz CT molecular complexity index is 983. The number of nitrogens with zero attached hydrogens (tertiary/aromatic N) is 2. The molecular weight excluding hydrogens is 333 g/mol. The number of benzene rings is 2. The lowest BCUT2D eigenvalue weighted by atomic mass is 10.1. The van der Waals surface area contributed by atoms with Gasteiger partial charge in [0.25, 0.3) is 0 Å². The Balaban J connectivity index is 1.98. The number of fused-ring (bicyclic) bond motifs is 1. The van der Waals surface area contributed by atoms with Crippen LogP contribution in [-0.2, 0) is 0 Å². The van der Waals surface area contributed by atoms with E-state index in [0.717, 1.165) is 12.8 Å². The zero-order chi connectivity index (χ0) is 18.5. The largest absolute Gasteiger partial charge is 0.492 e. The number of anilines is 1. The summed E-state index contributed by atoms with van der Waals surface area (Å²) in [5.41, 5.74) is 6.57. The van der Waals surface area contributed by atoms with Gasteiger partial charge in [-0.25, -0.2) is 4.39 Å². The second-order valence-corrected chi connectivity index (χ2v) is 5.77. The molecule has 0 fully saturated rings. The van der Waals surface area contributed by atoms with Crippen molar-refractivity contribution in [1.82, 2.24) is 4.98 Å². The van der Waals surface area contributed by atoms with E-state index < -0.39 is 5.82 Å². The molecule has 0 radical (unpaired) electrons. The van der Waals surface area contributed by atoms with Gasteiger partial charge in [-0.1, -0.05) is 13.3 Å². The lowest BCUT2D eigenvalue weighted by Crippen LogP contribution is -1.99. The third-order valence-electron chi connectivity index (χ3n) is 3.88. The fourth-order valence-electron chi connectivity index (χ4n) is 2.47. The van der Waals surface area contributed by atoms with Crippen LogP contribution < -0.4 is 15.2 Å². The van der Waals surface area contributed by atoms with E-state index in [-0.39, 0.29) is 5.69 Å². The van der Waals surface area contributed by atoms with E-state index in [1.165, 1.54) is 12.1 Å². The van der Waals surface area contributed by atoms with Crippen LogP contribution in [0.4, 0.5) is 10.1 Å². The SMILES string of the molecule is CCCCOc1cc2nccc(Oc3ccc(N)c(F)c3)c2cc1C#N. The summed E-state index contributed by atoms with van der Waals surface area (Å²) >= 11 is 0. The molecule has 3 rings (SSSR count). The van der Waals surface area contributed by atoms with Crippen LogP contribution in [0.1, 0.15) is 25.3 Å². The zero-order valence-electron chi connectivity index (χ0n) is 14.3. The topological polar surface area (TPSA) is 81.2 Å². The third kappa shape index (κ3) is 3.67. The highest BCUT2D eigenvalue weighted by Gasteiger charge is 2.12. The molecule has 0 aliphatic carbocycles. The molecule has 0 atom stereocenters. The molecule has 0 saturated carbocycles. The lowest BCUT2D eigenvalue weighted by Gasteiger charge is -2.12. The van der Waals surface area contributed by atoms with Crippen molar-refractivity contribution in [2.75, 3.05) is 12.3 Å². The summed E-state index contributed by atoms with van der Waals surface area (Å²) in [6, 6.07) is 11.4. The van der Waals surface area contributed by atoms with Crippen LogP contribution in [0.15, 0.2) is 42.6 Å². The van der Waals surface area contributed by atoms with Gasteiger partial charge in [-0.15, -0.1) is 0 Å². The summed E-state index contributed by atoms with van der Waals surface area (Å²) in [7, 11) is 0. The van der Waals surface area contributed by atoms with Gasteiger partial charge in [-0.3, -0.25) is 4.98 Å². The molecule has 3 aromatic rings. The lowest BCUT2D eigenvalue weighted by molar-refractivity contribution is 0.309. The first kappa shape index (κ1) is 17.5. The number of nitrogen functional groups attached to an aromatic ring is 1. The van der Waals surface area contributed by atoms with Crippen molar-refractivity contribution in [1.29, 1.82) is 5.26 Å². The van der Waals surface area contributed by atoms with Crippen molar-refractivity contribution in [2.45, 2.75) is 19.8 Å². The van der Waals surface area contributed by atoms with Crippen molar-refractivity contribution in [3.63, 3.8) is 0 Å². The van der Waals surface area contributed by atoms with Crippen LogP contribution in [-0.4, -0.2) is 11.6 Å².